The molecule has 186 valence electrons. The maximum atomic E-state index is 11.1. The maximum absolute atomic E-state index is 11.1. The number of nitrogens with zero attached hydrogens (tertiary/aromatic N) is 3. The Labute approximate surface area is 213 Å². The summed E-state index contributed by atoms with van der Waals surface area (Å²) in [5.74, 6) is 0.407. The van der Waals surface area contributed by atoms with Gasteiger partial charge in [-0.1, -0.05) is 36.4 Å². The van der Waals surface area contributed by atoms with E-state index < -0.39 is 12.1 Å². The number of carboxylic acids is 1. The van der Waals surface area contributed by atoms with Crippen molar-refractivity contribution in [1.82, 2.24) is 15.3 Å². The second kappa shape index (κ2) is 11.0. The van der Waals surface area contributed by atoms with E-state index >= 15 is 0 Å². The number of anilines is 1. The van der Waals surface area contributed by atoms with E-state index in [0.717, 1.165) is 42.0 Å². The van der Waals surface area contributed by atoms with Gasteiger partial charge in [-0.15, -0.1) is 11.3 Å². The van der Waals surface area contributed by atoms with Crippen LogP contribution in [0.15, 0.2) is 66.3 Å². The minimum absolute atomic E-state index is 0.0915. The van der Waals surface area contributed by atoms with Crippen LogP contribution in [0.5, 0.6) is 5.75 Å². The fraction of sp³-hybridized carbons (Fsp3) is 0.296. The predicted molar refractivity (Wildman–Crippen MR) is 141 cm³/mol. The number of rotatable bonds is 9. The molecule has 1 saturated heterocycles. The Hall–Kier alpha value is -3.53. The van der Waals surface area contributed by atoms with Crippen molar-refractivity contribution in [3.8, 4) is 16.9 Å². The molecule has 0 amide bonds. The number of piperidine rings is 1. The normalized spacial score (nSPS) is 15.2. The number of thiophene rings is 1. The van der Waals surface area contributed by atoms with Crippen LogP contribution in [0.25, 0.3) is 21.3 Å². The summed E-state index contributed by atoms with van der Waals surface area (Å²) >= 11 is 1.65. The van der Waals surface area contributed by atoms with Gasteiger partial charge in [-0.25, -0.2) is 14.8 Å². The Morgan fingerprint density at radius 1 is 1.14 bits per heavy atom. The van der Waals surface area contributed by atoms with Crippen LogP contribution < -0.4 is 15.0 Å². The van der Waals surface area contributed by atoms with Gasteiger partial charge in [-0.3, -0.25) is 0 Å². The Morgan fingerprint density at radius 3 is 2.72 bits per heavy atom. The molecule has 1 unspecified atom stereocenters. The smallest absolute Gasteiger partial charge is 0.335 e. The first-order valence-electron chi connectivity index (χ1n) is 12.0. The topological polar surface area (TPSA) is 108 Å². The van der Waals surface area contributed by atoms with Crippen molar-refractivity contribution in [1.29, 1.82) is 0 Å². The van der Waals surface area contributed by atoms with Gasteiger partial charge in [0, 0.05) is 36.6 Å². The lowest BCUT2D eigenvalue weighted by Gasteiger charge is -2.34. The maximum Gasteiger partial charge on any atom is 0.335 e. The molecule has 1 fully saturated rings. The van der Waals surface area contributed by atoms with E-state index in [-0.39, 0.29) is 12.2 Å². The highest BCUT2D eigenvalue weighted by atomic mass is 32.1. The number of aromatic carboxylic acids is 1. The van der Waals surface area contributed by atoms with Gasteiger partial charge in [0.2, 0.25) is 0 Å². The molecule has 4 aromatic rings. The van der Waals surface area contributed by atoms with Gasteiger partial charge in [-0.05, 0) is 36.6 Å². The van der Waals surface area contributed by atoms with Crippen LogP contribution in [-0.4, -0.2) is 64.5 Å². The Balaban J connectivity index is 1.15. The average molecular weight is 505 g/mol. The third kappa shape index (κ3) is 5.48. The molecule has 0 bridgehead atoms. The molecule has 0 saturated carbocycles. The SMILES string of the molecule is O=C(O)c1cccc(OCC(O)CNC2CCN(c3ncnc4scc(-c5ccccc5)c34)CC2)c1. The van der Waals surface area contributed by atoms with Gasteiger partial charge in [-0.2, -0.15) is 0 Å². The minimum atomic E-state index is -1.01. The molecule has 8 nitrogen and oxygen atoms in total. The zero-order chi connectivity index (χ0) is 24.9. The van der Waals surface area contributed by atoms with Crippen molar-refractivity contribution in [3.63, 3.8) is 0 Å². The van der Waals surface area contributed by atoms with E-state index in [2.05, 4.69) is 37.7 Å². The first kappa shape index (κ1) is 24.2. The van der Waals surface area contributed by atoms with Crippen molar-refractivity contribution in [3.05, 3.63) is 71.9 Å². The second-order valence-electron chi connectivity index (χ2n) is 8.86. The van der Waals surface area contributed by atoms with E-state index in [9.17, 15) is 9.90 Å². The quantitative estimate of drug-likeness (QED) is 0.313. The summed E-state index contributed by atoms with van der Waals surface area (Å²) in [6, 6.07) is 16.9. The number of aromatic nitrogens is 2. The van der Waals surface area contributed by atoms with E-state index in [1.807, 2.05) is 18.2 Å². The van der Waals surface area contributed by atoms with E-state index in [1.54, 1.807) is 29.8 Å². The van der Waals surface area contributed by atoms with E-state index in [0.29, 0.717) is 18.3 Å². The standard InChI is InChI=1S/C27H28N4O4S/c32-21(15-35-22-8-4-7-19(13-22)27(33)34)14-28-20-9-11-31(12-10-20)25-24-23(18-5-2-1-3-6-18)16-36-26(24)30-17-29-25/h1-8,13,16-17,20-21,28,32H,9-12,14-15H2,(H,33,34). The average Bonchev–Trinajstić information content (AvgIpc) is 3.36. The summed E-state index contributed by atoms with van der Waals surface area (Å²) in [5, 5.41) is 26.2. The zero-order valence-corrected chi connectivity index (χ0v) is 20.5. The lowest BCUT2D eigenvalue weighted by molar-refractivity contribution is 0.0696. The van der Waals surface area contributed by atoms with Gasteiger partial charge in [0.1, 0.15) is 35.4 Å². The summed E-state index contributed by atoms with van der Waals surface area (Å²) in [5.41, 5.74) is 2.50. The summed E-state index contributed by atoms with van der Waals surface area (Å²) in [7, 11) is 0. The Morgan fingerprint density at radius 2 is 1.94 bits per heavy atom. The Bertz CT molecular complexity index is 1320. The molecule has 1 aliphatic heterocycles. The van der Waals surface area contributed by atoms with Crippen LogP contribution in [0.1, 0.15) is 23.2 Å². The van der Waals surface area contributed by atoms with Crippen molar-refractivity contribution in [2.24, 2.45) is 0 Å². The number of hydrogen-bond acceptors (Lipinski definition) is 8. The second-order valence-corrected chi connectivity index (χ2v) is 9.72. The highest BCUT2D eigenvalue weighted by Crippen LogP contribution is 2.38. The number of benzene rings is 2. The van der Waals surface area contributed by atoms with Crippen LogP contribution in [0.2, 0.25) is 0 Å². The predicted octanol–water partition coefficient (Wildman–Crippen LogP) is 4.05. The number of ether oxygens (including phenoxy) is 1. The van der Waals surface area contributed by atoms with Crippen LogP contribution >= 0.6 is 11.3 Å². The number of aliphatic hydroxyl groups excluding tert-OH is 1. The number of carboxylic acid groups (broad SMARTS) is 1. The molecule has 9 heteroatoms. The van der Waals surface area contributed by atoms with Crippen LogP contribution in [-0.2, 0) is 0 Å². The first-order valence-corrected chi connectivity index (χ1v) is 12.9. The third-order valence-corrected chi connectivity index (χ3v) is 7.28. The first-order chi connectivity index (χ1) is 17.6. The van der Waals surface area contributed by atoms with Crippen LogP contribution in [0, 0.1) is 0 Å². The summed E-state index contributed by atoms with van der Waals surface area (Å²) in [6.45, 7) is 2.23. The molecular weight excluding hydrogens is 476 g/mol. The largest absolute Gasteiger partial charge is 0.491 e. The van der Waals surface area contributed by atoms with Crippen molar-refractivity contribution in [2.45, 2.75) is 25.0 Å². The number of nitrogens with one attached hydrogen (secondary N) is 1. The number of hydrogen-bond donors (Lipinski definition) is 3. The van der Waals surface area contributed by atoms with Crippen molar-refractivity contribution >= 4 is 33.3 Å². The summed E-state index contributed by atoms with van der Waals surface area (Å²) in [4.78, 5) is 23.6. The van der Waals surface area contributed by atoms with Crippen molar-refractivity contribution in [2.75, 3.05) is 31.1 Å². The lowest BCUT2D eigenvalue weighted by Crippen LogP contribution is -2.45. The van der Waals surface area contributed by atoms with Gasteiger partial charge in [0.05, 0.1) is 10.9 Å². The molecule has 2 aromatic carbocycles. The Kier molecular flexibility index (Phi) is 7.41. The molecule has 0 aliphatic carbocycles. The van der Waals surface area contributed by atoms with Crippen LogP contribution in [0.3, 0.4) is 0 Å². The van der Waals surface area contributed by atoms with Gasteiger partial charge >= 0.3 is 5.97 Å². The van der Waals surface area contributed by atoms with Crippen LogP contribution in [0.4, 0.5) is 5.82 Å². The fourth-order valence-corrected chi connectivity index (χ4v) is 5.41. The molecule has 3 N–H and O–H groups in total. The van der Waals surface area contributed by atoms with E-state index in [4.69, 9.17) is 9.84 Å². The molecule has 0 spiro atoms. The highest BCUT2D eigenvalue weighted by Gasteiger charge is 2.24. The summed E-state index contributed by atoms with van der Waals surface area (Å²) < 4.78 is 5.58. The third-order valence-electron chi connectivity index (χ3n) is 6.40. The number of fused-ring (bicyclic) bond motifs is 1. The van der Waals surface area contributed by atoms with Gasteiger partial charge in [0.25, 0.3) is 0 Å². The van der Waals surface area contributed by atoms with Gasteiger partial charge < -0.3 is 25.2 Å². The lowest BCUT2D eigenvalue weighted by atomic mass is 10.0. The van der Waals surface area contributed by atoms with E-state index in [1.165, 1.54) is 23.3 Å². The van der Waals surface area contributed by atoms with Gasteiger partial charge in [0.15, 0.2) is 0 Å². The molecular formula is C27H28N4O4S. The molecule has 3 heterocycles. The number of carbonyl (C=O) groups is 1. The fourth-order valence-electron chi connectivity index (χ4n) is 4.50. The molecule has 2 aromatic heterocycles. The molecule has 1 aliphatic rings. The highest BCUT2D eigenvalue weighted by molar-refractivity contribution is 7.17. The molecule has 36 heavy (non-hydrogen) atoms. The monoisotopic (exact) mass is 504 g/mol. The number of aliphatic hydroxyl groups is 1. The molecule has 5 rings (SSSR count). The zero-order valence-electron chi connectivity index (χ0n) is 19.7. The molecule has 1 atom stereocenters. The molecule has 0 radical (unpaired) electrons. The summed E-state index contributed by atoms with van der Waals surface area (Å²) in [6.07, 6.45) is 2.82. The minimum Gasteiger partial charge on any atom is -0.491 e. The van der Waals surface area contributed by atoms with Crippen molar-refractivity contribution < 1.29 is 19.7 Å².